The second kappa shape index (κ2) is 16.1. The Hall–Kier alpha value is -2.92. The number of nitrogen functional groups attached to an aromatic ring is 1. The standard InChI is InChI=1S/C14H20N2O4.C14H22N2O2/c1-12-3-4-13(11-14(12)16(17)18)20-8-2-5-15-6-9-19-10-7-15;1-12-3-4-13(11-14(12)15)18-8-2-5-16-6-9-17-10-7-16/h3-4,11H,2,5-10H2,1H3;3-4,11H,2,5-10,15H2,1H3. The number of nitrogens with two attached hydrogens (primary N) is 1. The fourth-order valence-electron chi connectivity index (χ4n) is 4.19. The summed E-state index contributed by atoms with van der Waals surface area (Å²) >= 11 is 0. The molecule has 0 amide bonds. The second-order valence-electron chi connectivity index (χ2n) is 9.54. The number of hydrogen-bond donors (Lipinski definition) is 1. The molecule has 2 N–H and O–H groups in total. The second-order valence-corrected chi connectivity index (χ2v) is 9.54. The summed E-state index contributed by atoms with van der Waals surface area (Å²) in [5.41, 5.74) is 8.48. The highest BCUT2D eigenvalue weighted by molar-refractivity contribution is 5.50. The summed E-state index contributed by atoms with van der Waals surface area (Å²) in [6, 6.07) is 10.8. The minimum Gasteiger partial charge on any atom is -0.493 e. The average Bonchev–Trinajstić information content (AvgIpc) is 2.93. The summed E-state index contributed by atoms with van der Waals surface area (Å²) in [5, 5.41) is 10.8. The van der Waals surface area contributed by atoms with Crippen LogP contribution in [0.15, 0.2) is 36.4 Å². The number of hydrogen-bond acceptors (Lipinski definition) is 9. The van der Waals surface area contributed by atoms with Crippen LogP contribution in [0.5, 0.6) is 11.5 Å². The van der Waals surface area contributed by atoms with Gasteiger partial charge in [-0.05, 0) is 50.5 Å². The smallest absolute Gasteiger partial charge is 0.275 e. The summed E-state index contributed by atoms with van der Waals surface area (Å²) in [4.78, 5) is 15.2. The molecular weight excluding hydrogens is 488 g/mol. The maximum Gasteiger partial charge on any atom is 0.275 e. The van der Waals surface area contributed by atoms with Gasteiger partial charge in [0.15, 0.2) is 0 Å². The largest absolute Gasteiger partial charge is 0.493 e. The fraction of sp³-hybridized carbons (Fsp3) is 0.571. The minimum atomic E-state index is -0.379. The molecule has 2 aliphatic heterocycles. The lowest BCUT2D eigenvalue weighted by Crippen LogP contribution is -2.37. The number of ether oxygens (including phenoxy) is 4. The van der Waals surface area contributed by atoms with E-state index in [0.717, 1.165) is 102 Å². The van der Waals surface area contributed by atoms with Crippen molar-refractivity contribution in [3.05, 3.63) is 57.6 Å². The molecule has 2 fully saturated rings. The molecular formula is C28H42N4O6. The zero-order valence-electron chi connectivity index (χ0n) is 22.7. The van der Waals surface area contributed by atoms with Crippen LogP contribution >= 0.6 is 0 Å². The van der Waals surface area contributed by atoms with Crippen molar-refractivity contribution in [2.75, 3.05) is 84.6 Å². The van der Waals surface area contributed by atoms with E-state index >= 15 is 0 Å². The minimum absolute atomic E-state index is 0.107. The molecule has 0 atom stereocenters. The number of aryl methyl sites for hydroxylation is 2. The number of nitro benzene ring substituents is 1. The Kier molecular flexibility index (Phi) is 12.6. The maximum absolute atomic E-state index is 10.8. The first-order chi connectivity index (χ1) is 18.4. The summed E-state index contributed by atoms with van der Waals surface area (Å²) in [5.74, 6) is 1.42. The Morgan fingerprint density at radius 3 is 1.76 bits per heavy atom. The van der Waals surface area contributed by atoms with Crippen LogP contribution in [-0.4, -0.2) is 93.6 Å². The van der Waals surface area contributed by atoms with Gasteiger partial charge in [-0.2, -0.15) is 0 Å². The van der Waals surface area contributed by atoms with Gasteiger partial charge in [0.1, 0.15) is 11.5 Å². The normalized spacial score (nSPS) is 16.4. The molecule has 0 bridgehead atoms. The van der Waals surface area contributed by atoms with E-state index in [-0.39, 0.29) is 10.6 Å². The van der Waals surface area contributed by atoms with E-state index in [1.165, 1.54) is 6.07 Å². The Morgan fingerprint density at radius 1 is 0.816 bits per heavy atom. The zero-order valence-corrected chi connectivity index (χ0v) is 22.7. The Morgan fingerprint density at radius 2 is 1.29 bits per heavy atom. The van der Waals surface area contributed by atoms with E-state index in [1.54, 1.807) is 19.1 Å². The van der Waals surface area contributed by atoms with Crippen molar-refractivity contribution in [2.45, 2.75) is 26.7 Å². The van der Waals surface area contributed by atoms with Gasteiger partial charge in [-0.25, -0.2) is 0 Å². The monoisotopic (exact) mass is 530 g/mol. The van der Waals surface area contributed by atoms with Crippen molar-refractivity contribution < 1.29 is 23.9 Å². The molecule has 2 heterocycles. The van der Waals surface area contributed by atoms with E-state index in [1.807, 2.05) is 25.1 Å². The van der Waals surface area contributed by atoms with Gasteiger partial charge < -0.3 is 24.7 Å². The molecule has 2 saturated heterocycles. The molecule has 0 spiro atoms. The van der Waals surface area contributed by atoms with E-state index in [0.29, 0.717) is 17.9 Å². The average molecular weight is 531 g/mol. The Labute approximate surface area is 225 Å². The van der Waals surface area contributed by atoms with E-state index in [9.17, 15) is 10.1 Å². The van der Waals surface area contributed by atoms with Crippen LogP contribution in [0.25, 0.3) is 0 Å². The van der Waals surface area contributed by atoms with Gasteiger partial charge in [0.25, 0.3) is 5.69 Å². The van der Waals surface area contributed by atoms with Gasteiger partial charge in [-0.3, -0.25) is 19.9 Å². The van der Waals surface area contributed by atoms with Crippen molar-refractivity contribution >= 4 is 11.4 Å². The molecule has 10 heteroatoms. The highest BCUT2D eigenvalue weighted by Crippen LogP contribution is 2.24. The van der Waals surface area contributed by atoms with Crippen LogP contribution in [0.2, 0.25) is 0 Å². The number of nitrogens with zero attached hydrogens (tertiary/aromatic N) is 3. The highest BCUT2D eigenvalue weighted by atomic mass is 16.6. The topological polar surface area (TPSA) is 113 Å². The lowest BCUT2D eigenvalue weighted by Gasteiger charge is -2.26. The third-order valence-corrected chi connectivity index (χ3v) is 6.61. The summed E-state index contributed by atoms with van der Waals surface area (Å²) in [6.45, 7) is 14.4. The van der Waals surface area contributed by atoms with E-state index in [4.69, 9.17) is 24.7 Å². The van der Waals surface area contributed by atoms with E-state index in [2.05, 4.69) is 9.80 Å². The molecule has 0 saturated carbocycles. The predicted octanol–water partition coefficient (Wildman–Crippen LogP) is 3.68. The van der Waals surface area contributed by atoms with Crippen molar-refractivity contribution in [1.82, 2.24) is 9.80 Å². The molecule has 0 aromatic heterocycles. The summed E-state index contributed by atoms with van der Waals surface area (Å²) in [7, 11) is 0. The lowest BCUT2D eigenvalue weighted by molar-refractivity contribution is -0.385. The molecule has 2 aliphatic rings. The molecule has 210 valence electrons. The predicted molar refractivity (Wildman–Crippen MR) is 148 cm³/mol. The maximum atomic E-state index is 10.8. The molecule has 2 aromatic carbocycles. The number of anilines is 1. The fourth-order valence-corrected chi connectivity index (χ4v) is 4.19. The van der Waals surface area contributed by atoms with Crippen LogP contribution in [0, 0.1) is 24.0 Å². The molecule has 2 aromatic rings. The van der Waals surface area contributed by atoms with Gasteiger partial charge in [-0.1, -0.05) is 6.07 Å². The van der Waals surface area contributed by atoms with Gasteiger partial charge >= 0.3 is 0 Å². The van der Waals surface area contributed by atoms with Gasteiger partial charge in [-0.15, -0.1) is 0 Å². The number of rotatable bonds is 11. The number of morpholine rings is 2. The molecule has 38 heavy (non-hydrogen) atoms. The van der Waals surface area contributed by atoms with Gasteiger partial charge in [0.2, 0.25) is 0 Å². The van der Waals surface area contributed by atoms with Crippen molar-refractivity contribution in [3.63, 3.8) is 0 Å². The zero-order chi connectivity index (χ0) is 27.2. The van der Waals surface area contributed by atoms with Crippen LogP contribution in [0.1, 0.15) is 24.0 Å². The first-order valence-electron chi connectivity index (χ1n) is 13.4. The summed E-state index contributed by atoms with van der Waals surface area (Å²) in [6.07, 6.45) is 1.94. The third-order valence-electron chi connectivity index (χ3n) is 6.61. The van der Waals surface area contributed by atoms with Gasteiger partial charge in [0.05, 0.1) is 50.6 Å². The van der Waals surface area contributed by atoms with Crippen molar-refractivity contribution in [3.8, 4) is 11.5 Å². The molecule has 10 nitrogen and oxygen atoms in total. The van der Waals surface area contributed by atoms with Crippen molar-refractivity contribution in [1.29, 1.82) is 0 Å². The number of nitro groups is 1. The van der Waals surface area contributed by atoms with Gasteiger partial charge in [0, 0.05) is 56.6 Å². The van der Waals surface area contributed by atoms with Crippen LogP contribution < -0.4 is 15.2 Å². The third kappa shape index (κ3) is 10.4. The quantitative estimate of drug-likeness (QED) is 0.201. The first kappa shape index (κ1) is 29.6. The summed E-state index contributed by atoms with van der Waals surface area (Å²) < 4.78 is 21.9. The van der Waals surface area contributed by atoms with Crippen LogP contribution in [0.3, 0.4) is 0 Å². The van der Waals surface area contributed by atoms with Crippen LogP contribution in [-0.2, 0) is 9.47 Å². The number of benzene rings is 2. The SMILES string of the molecule is Cc1ccc(OCCCN2CCOCC2)cc1N.Cc1ccc(OCCCN2CCOCC2)cc1[N+](=O)[O-]. The van der Waals surface area contributed by atoms with Crippen LogP contribution in [0.4, 0.5) is 11.4 Å². The Bertz CT molecular complexity index is 993. The molecule has 4 rings (SSSR count). The molecule has 0 aliphatic carbocycles. The highest BCUT2D eigenvalue weighted by Gasteiger charge is 2.13. The first-order valence-corrected chi connectivity index (χ1v) is 13.4. The lowest BCUT2D eigenvalue weighted by atomic mass is 10.2. The molecule has 0 radical (unpaired) electrons. The Balaban J connectivity index is 0.000000212. The van der Waals surface area contributed by atoms with E-state index < -0.39 is 0 Å². The van der Waals surface area contributed by atoms with Crippen molar-refractivity contribution in [2.24, 2.45) is 0 Å². The molecule has 0 unspecified atom stereocenters.